The molecule has 0 radical (unpaired) electrons. The Balaban J connectivity index is 1.46. The van der Waals surface area contributed by atoms with Crippen molar-refractivity contribution in [2.75, 3.05) is 0 Å². The summed E-state index contributed by atoms with van der Waals surface area (Å²) in [6, 6.07) is 46.1. The molecular weight excluding hydrogens is 627 g/mol. The number of pyridine rings is 1. The summed E-state index contributed by atoms with van der Waals surface area (Å²) in [5, 5.41) is 3.58. The second kappa shape index (κ2) is 11.2. The molecule has 0 N–H and O–H groups in total. The smallest absolute Gasteiger partial charge is 0.309 e. The van der Waals surface area contributed by atoms with E-state index in [2.05, 4.69) is 0 Å². The minimum atomic E-state index is -4.71. The van der Waals surface area contributed by atoms with Gasteiger partial charge in [-0.25, -0.2) is 4.98 Å². The first-order valence-corrected chi connectivity index (χ1v) is 16.5. The Morgan fingerprint density at radius 1 is 0.440 bits per heavy atom. The first kappa shape index (κ1) is 30.0. The van der Waals surface area contributed by atoms with E-state index < -0.39 is 11.7 Å². The van der Waals surface area contributed by atoms with Crippen molar-refractivity contribution < 1.29 is 13.2 Å². The number of hydrogen-bond acceptors (Lipinski definition) is 1. The van der Waals surface area contributed by atoms with Crippen LogP contribution in [0.25, 0.3) is 77.5 Å². The third-order valence-electron chi connectivity index (χ3n) is 9.63. The zero-order valence-corrected chi connectivity index (χ0v) is 27.3. The Morgan fingerprint density at radius 3 is 1.42 bits per heavy atom. The lowest BCUT2D eigenvalue weighted by Crippen LogP contribution is -2.16. The highest BCUT2D eigenvalue weighted by Gasteiger charge is 2.39. The van der Waals surface area contributed by atoms with E-state index in [0.717, 1.165) is 43.9 Å². The molecule has 0 saturated carbocycles. The number of aryl methyl sites for hydroxylation is 2. The Bertz CT molecular complexity index is 2630. The number of halogens is 3. The summed E-state index contributed by atoms with van der Waals surface area (Å²) in [6.45, 7) is 4.00. The van der Waals surface area contributed by atoms with Crippen molar-refractivity contribution in [3.8, 4) is 33.9 Å². The average Bonchev–Trinajstić information content (AvgIpc) is 3.63. The fourth-order valence-electron chi connectivity index (χ4n) is 7.46. The van der Waals surface area contributed by atoms with Crippen molar-refractivity contribution in [2.24, 2.45) is 0 Å². The Labute approximate surface area is 286 Å². The van der Waals surface area contributed by atoms with E-state index in [1.807, 2.05) is 147 Å². The Kier molecular flexibility index (Phi) is 6.71. The summed E-state index contributed by atoms with van der Waals surface area (Å²) in [5.41, 5.74) is 7.08. The van der Waals surface area contributed by atoms with E-state index in [1.165, 1.54) is 0 Å². The molecule has 0 bridgehead atoms. The van der Waals surface area contributed by atoms with Gasteiger partial charge in [0.05, 0.1) is 44.8 Å². The molecule has 0 aliphatic carbocycles. The molecule has 242 valence electrons. The molecule has 3 heterocycles. The summed E-state index contributed by atoms with van der Waals surface area (Å²) < 4.78 is 51.5. The summed E-state index contributed by atoms with van der Waals surface area (Å²) in [7, 11) is 0. The minimum Gasteiger partial charge on any atom is -0.309 e. The summed E-state index contributed by atoms with van der Waals surface area (Å²) in [5.74, 6) is 0. The predicted octanol–water partition coefficient (Wildman–Crippen LogP) is 12.2. The van der Waals surface area contributed by atoms with Gasteiger partial charge in [-0.05, 0) is 74.5 Å². The van der Waals surface area contributed by atoms with Crippen LogP contribution >= 0.6 is 0 Å². The van der Waals surface area contributed by atoms with Gasteiger partial charge in [0.1, 0.15) is 5.56 Å². The zero-order chi connectivity index (χ0) is 34.1. The van der Waals surface area contributed by atoms with Gasteiger partial charge in [-0.15, -0.1) is 0 Å². The van der Waals surface area contributed by atoms with Crippen molar-refractivity contribution in [3.05, 3.63) is 162 Å². The van der Waals surface area contributed by atoms with Crippen LogP contribution in [0.5, 0.6) is 0 Å². The maximum atomic E-state index is 16.0. The number of aromatic nitrogens is 3. The van der Waals surface area contributed by atoms with Gasteiger partial charge in [0, 0.05) is 32.7 Å². The molecule has 3 nitrogen and oxygen atoms in total. The number of alkyl halides is 3. The number of benzene rings is 6. The summed E-state index contributed by atoms with van der Waals surface area (Å²) in [4.78, 5) is 5.02. The molecule has 0 fully saturated rings. The van der Waals surface area contributed by atoms with E-state index in [-0.39, 0.29) is 11.4 Å². The highest BCUT2D eigenvalue weighted by molar-refractivity contribution is 6.11. The average molecular weight is 658 g/mol. The number of nitrogens with zero attached hydrogens (tertiary/aromatic N) is 3. The highest BCUT2D eigenvalue weighted by atomic mass is 19.4. The topological polar surface area (TPSA) is 22.8 Å². The van der Waals surface area contributed by atoms with Gasteiger partial charge >= 0.3 is 6.18 Å². The van der Waals surface area contributed by atoms with E-state index in [0.29, 0.717) is 33.3 Å². The molecule has 9 aromatic rings. The summed E-state index contributed by atoms with van der Waals surface area (Å²) >= 11 is 0. The third kappa shape index (κ3) is 4.71. The van der Waals surface area contributed by atoms with Crippen LogP contribution in [-0.4, -0.2) is 14.1 Å². The molecule has 0 spiro atoms. The van der Waals surface area contributed by atoms with Crippen LogP contribution in [0.1, 0.15) is 16.7 Å². The van der Waals surface area contributed by atoms with E-state index in [9.17, 15) is 0 Å². The maximum Gasteiger partial charge on any atom is 0.420 e. The highest BCUT2D eigenvalue weighted by Crippen LogP contribution is 2.46. The van der Waals surface area contributed by atoms with Crippen molar-refractivity contribution in [2.45, 2.75) is 20.0 Å². The zero-order valence-electron chi connectivity index (χ0n) is 27.3. The van der Waals surface area contributed by atoms with Gasteiger partial charge in [-0.1, -0.05) is 96.1 Å². The largest absolute Gasteiger partial charge is 0.420 e. The molecule has 0 aliphatic heterocycles. The van der Waals surface area contributed by atoms with Gasteiger partial charge in [0.15, 0.2) is 0 Å². The molecule has 3 aromatic heterocycles. The Hall–Kier alpha value is -6.14. The number of rotatable bonds is 4. The molecule has 50 heavy (non-hydrogen) atoms. The van der Waals surface area contributed by atoms with Crippen LogP contribution in [0.2, 0.25) is 0 Å². The molecular formula is C44H30F3N3. The molecule has 9 rings (SSSR count). The minimum absolute atomic E-state index is 0.0463. The number of para-hydroxylation sites is 2. The van der Waals surface area contributed by atoms with Crippen molar-refractivity contribution in [3.63, 3.8) is 0 Å². The molecule has 0 atom stereocenters. The molecule has 0 unspecified atom stereocenters. The molecule has 6 heteroatoms. The van der Waals surface area contributed by atoms with Crippen LogP contribution in [0.3, 0.4) is 0 Å². The van der Waals surface area contributed by atoms with Gasteiger partial charge in [-0.3, -0.25) is 0 Å². The van der Waals surface area contributed by atoms with Crippen LogP contribution in [0.4, 0.5) is 13.2 Å². The van der Waals surface area contributed by atoms with Gasteiger partial charge in [0.25, 0.3) is 0 Å². The fourth-order valence-corrected chi connectivity index (χ4v) is 7.46. The van der Waals surface area contributed by atoms with Crippen LogP contribution in [-0.2, 0) is 6.18 Å². The lowest BCUT2D eigenvalue weighted by Gasteiger charge is -2.23. The van der Waals surface area contributed by atoms with Crippen molar-refractivity contribution in [1.82, 2.24) is 14.1 Å². The predicted molar refractivity (Wildman–Crippen MR) is 198 cm³/mol. The normalized spacial score (nSPS) is 12.1. The van der Waals surface area contributed by atoms with Crippen LogP contribution in [0.15, 0.2) is 146 Å². The SMILES string of the molecule is Cc1ccc2c(c1)c1ccccc1n2-c1cc(-c2cccc(-c3ccccc3)n2)cc(-n2c3ccccc3c3cc(C)ccc32)c1C(F)(F)F. The lowest BCUT2D eigenvalue weighted by atomic mass is 10.0. The van der Waals surface area contributed by atoms with Gasteiger partial charge in [-0.2, -0.15) is 13.2 Å². The third-order valence-corrected chi connectivity index (χ3v) is 9.63. The van der Waals surface area contributed by atoms with Crippen molar-refractivity contribution >= 4 is 43.6 Å². The fraction of sp³-hybridized carbons (Fsp3) is 0.0682. The van der Waals surface area contributed by atoms with Gasteiger partial charge in [0.2, 0.25) is 0 Å². The van der Waals surface area contributed by atoms with E-state index >= 15 is 13.2 Å². The van der Waals surface area contributed by atoms with E-state index in [1.54, 1.807) is 21.3 Å². The van der Waals surface area contributed by atoms with Gasteiger partial charge < -0.3 is 9.13 Å². The van der Waals surface area contributed by atoms with Crippen LogP contribution in [0, 0.1) is 13.8 Å². The summed E-state index contributed by atoms with van der Waals surface area (Å²) in [6.07, 6.45) is -4.71. The first-order chi connectivity index (χ1) is 24.3. The van der Waals surface area contributed by atoms with E-state index in [4.69, 9.17) is 4.98 Å². The molecule has 0 saturated heterocycles. The molecule has 6 aromatic carbocycles. The maximum absolute atomic E-state index is 16.0. The quantitative estimate of drug-likeness (QED) is 0.185. The van der Waals surface area contributed by atoms with Crippen LogP contribution < -0.4 is 0 Å². The monoisotopic (exact) mass is 657 g/mol. The second-order valence-electron chi connectivity index (χ2n) is 12.9. The second-order valence-corrected chi connectivity index (χ2v) is 12.9. The molecule has 0 amide bonds. The first-order valence-electron chi connectivity index (χ1n) is 16.5. The number of fused-ring (bicyclic) bond motifs is 6. The lowest BCUT2D eigenvalue weighted by molar-refractivity contribution is -0.137. The standard InChI is InChI=1S/C44H30F3N3/c1-27-19-21-39-33(23-27)31-13-6-8-17-37(31)49(39)41-25-30(36-16-10-15-35(48-36)29-11-4-3-5-12-29)26-42(43(41)44(45,46)47)50-38-18-9-7-14-32(38)34-24-28(2)20-22-40(34)50/h3-26H,1-2H3. The number of hydrogen-bond donors (Lipinski definition) is 0. The Morgan fingerprint density at radius 2 is 0.900 bits per heavy atom. The van der Waals surface area contributed by atoms with Crippen molar-refractivity contribution in [1.29, 1.82) is 0 Å². The molecule has 0 aliphatic rings.